The summed E-state index contributed by atoms with van der Waals surface area (Å²) in [4.78, 5) is 5.36. The Balaban J connectivity index is 2.00. The third-order valence-corrected chi connectivity index (χ3v) is 4.38. The normalized spacial score (nSPS) is 13.0. The van der Waals surface area contributed by atoms with E-state index < -0.39 is 0 Å². The van der Waals surface area contributed by atoms with E-state index in [9.17, 15) is 0 Å². The predicted molar refractivity (Wildman–Crippen MR) is 77.2 cm³/mol. The lowest BCUT2D eigenvalue weighted by atomic mass is 9.97. The number of imidazole rings is 1. The lowest BCUT2D eigenvalue weighted by molar-refractivity contribution is 0.734. The molecular weight excluding hydrogens is 240 g/mol. The first-order valence-corrected chi connectivity index (χ1v) is 7.18. The van der Waals surface area contributed by atoms with Gasteiger partial charge in [-0.15, -0.1) is 11.3 Å². The quantitative estimate of drug-likeness (QED) is 0.670. The molecule has 1 aromatic carbocycles. The van der Waals surface area contributed by atoms with E-state index in [4.69, 9.17) is 0 Å². The molecule has 0 bridgehead atoms. The lowest BCUT2D eigenvalue weighted by Crippen LogP contribution is -1.91. The predicted octanol–water partition coefficient (Wildman–Crippen LogP) is 4.58. The van der Waals surface area contributed by atoms with Gasteiger partial charge in [-0.25, -0.2) is 4.98 Å². The van der Waals surface area contributed by atoms with E-state index in [0.717, 1.165) is 4.96 Å². The highest BCUT2D eigenvalue weighted by Gasteiger charge is 2.07. The first-order chi connectivity index (χ1) is 8.79. The van der Waals surface area contributed by atoms with Crippen LogP contribution in [0.4, 0.5) is 0 Å². The zero-order chi connectivity index (χ0) is 12.5. The van der Waals surface area contributed by atoms with Gasteiger partial charge in [0.25, 0.3) is 0 Å². The van der Waals surface area contributed by atoms with Gasteiger partial charge in [-0.2, -0.15) is 0 Å². The van der Waals surface area contributed by atoms with Crippen LogP contribution in [-0.2, 0) is 0 Å². The molecule has 0 radical (unpaired) electrons. The maximum Gasteiger partial charge on any atom is 0.194 e. The van der Waals surface area contributed by atoms with Gasteiger partial charge < -0.3 is 0 Å². The zero-order valence-corrected chi connectivity index (χ0v) is 11.4. The average molecular weight is 256 g/mol. The molecule has 2 nitrogen and oxygen atoms in total. The van der Waals surface area contributed by atoms with Gasteiger partial charge in [-0.1, -0.05) is 38.1 Å². The van der Waals surface area contributed by atoms with E-state index in [1.54, 1.807) is 11.3 Å². The summed E-state index contributed by atoms with van der Waals surface area (Å²) in [7, 11) is 0. The maximum absolute atomic E-state index is 4.31. The standard InChI is InChI=1S/C15H16N2S/c1-3-11(2)12-4-6-13(7-5-12)14-10-18-15-16-8-9-17(14)15/h4-11H,3H2,1-2H3. The molecule has 0 fully saturated rings. The number of aromatic nitrogens is 2. The fourth-order valence-electron chi connectivity index (χ4n) is 2.15. The lowest BCUT2D eigenvalue weighted by Gasteiger charge is -2.09. The van der Waals surface area contributed by atoms with Crippen molar-refractivity contribution in [2.45, 2.75) is 26.2 Å². The molecule has 0 N–H and O–H groups in total. The minimum atomic E-state index is 0.634. The van der Waals surface area contributed by atoms with E-state index in [1.165, 1.54) is 23.2 Å². The van der Waals surface area contributed by atoms with Crippen molar-refractivity contribution in [1.82, 2.24) is 9.38 Å². The Morgan fingerprint density at radius 2 is 2.06 bits per heavy atom. The molecule has 1 unspecified atom stereocenters. The first kappa shape index (κ1) is 11.5. The number of fused-ring (bicyclic) bond motifs is 1. The molecule has 0 aliphatic heterocycles. The molecule has 18 heavy (non-hydrogen) atoms. The van der Waals surface area contributed by atoms with E-state index in [-0.39, 0.29) is 0 Å². The van der Waals surface area contributed by atoms with Gasteiger partial charge in [0.2, 0.25) is 0 Å². The summed E-state index contributed by atoms with van der Waals surface area (Å²) >= 11 is 1.68. The van der Waals surface area contributed by atoms with Crippen molar-refractivity contribution >= 4 is 16.3 Å². The number of hydrogen-bond donors (Lipinski definition) is 0. The van der Waals surface area contributed by atoms with Crippen LogP contribution < -0.4 is 0 Å². The smallest absolute Gasteiger partial charge is 0.194 e. The Morgan fingerprint density at radius 3 is 2.78 bits per heavy atom. The first-order valence-electron chi connectivity index (χ1n) is 6.30. The van der Waals surface area contributed by atoms with Crippen LogP contribution in [-0.4, -0.2) is 9.38 Å². The third kappa shape index (κ3) is 1.85. The van der Waals surface area contributed by atoms with Crippen LogP contribution in [0, 0.1) is 0 Å². The van der Waals surface area contributed by atoms with Gasteiger partial charge >= 0.3 is 0 Å². The number of nitrogens with zero attached hydrogens (tertiary/aromatic N) is 2. The Kier molecular flexibility index (Phi) is 2.92. The minimum Gasteiger partial charge on any atom is -0.290 e. The van der Waals surface area contributed by atoms with Crippen molar-refractivity contribution in [3.63, 3.8) is 0 Å². The Morgan fingerprint density at radius 1 is 1.28 bits per heavy atom. The highest BCUT2D eigenvalue weighted by molar-refractivity contribution is 7.15. The van der Waals surface area contributed by atoms with E-state index in [1.807, 2.05) is 12.4 Å². The second kappa shape index (κ2) is 4.58. The number of benzene rings is 1. The minimum absolute atomic E-state index is 0.634. The van der Waals surface area contributed by atoms with Crippen LogP contribution in [0.25, 0.3) is 16.2 Å². The molecule has 3 rings (SSSR count). The summed E-state index contributed by atoms with van der Waals surface area (Å²) in [6, 6.07) is 8.90. The van der Waals surface area contributed by atoms with Crippen molar-refractivity contribution in [3.05, 3.63) is 47.6 Å². The van der Waals surface area contributed by atoms with Gasteiger partial charge in [-0.3, -0.25) is 4.40 Å². The molecule has 2 aromatic heterocycles. The van der Waals surface area contributed by atoms with Crippen LogP contribution in [0.2, 0.25) is 0 Å². The monoisotopic (exact) mass is 256 g/mol. The van der Waals surface area contributed by atoms with Crippen molar-refractivity contribution in [2.24, 2.45) is 0 Å². The Bertz CT molecular complexity index is 649. The van der Waals surface area contributed by atoms with E-state index in [2.05, 4.69) is 52.9 Å². The Labute approximate surface area is 111 Å². The summed E-state index contributed by atoms with van der Waals surface area (Å²) in [5.41, 5.74) is 3.90. The molecule has 3 heteroatoms. The van der Waals surface area contributed by atoms with Gasteiger partial charge in [0.15, 0.2) is 4.96 Å². The van der Waals surface area contributed by atoms with E-state index in [0.29, 0.717) is 5.92 Å². The van der Waals surface area contributed by atoms with Crippen LogP contribution >= 0.6 is 11.3 Å². The maximum atomic E-state index is 4.31. The molecule has 0 amide bonds. The average Bonchev–Trinajstić information content (AvgIpc) is 3.00. The van der Waals surface area contributed by atoms with Crippen LogP contribution in [0.5, 0.6) is 0 Å². The Hall–Kier alpha value is -1.61. The van der Waals surface area contributed by atoms with Gasteiger partial charge in [-0.05, 0) is 23.5 Å². The highest BCUT2D eigenvalue weighted by Crippen LogP contribution is 2.27. The van der Waals surface area contributed by atoms with Crippen LogP contribution in [0.1, 0.15) is 31.7 Å². The molecule has 2 heterocycles. The second-order valence-electron chi connectivity index (χ2n) is 4.63. The van der Waals surface area contributed by atoms with E-state index >= 15 is 0 Å². The number of rotatable bonds is 3. The largest absolute Gasteiger partial charge is 0.290 e. The highest BCUT2D eigenvalue weighted by atomic mass is 32.1. The summed E-state index contributed by atoms with van der Waals surface area (Å²) in [5, 5.41) is 2.17. The molecule has 3 aromatic rings. The fraction of sp³-hybridized carbons (Fsp3) is 0.267. The van der Waals surface area contributed by atoms with Gasteiger partial charge in [0.05, 0.1) is 5.69 Å². The van der Waals surface area contributed by atoms with Crippen LogP contribution in [0.15, 0.2) is 42.0 Å². The van der Waals surface area contributed by atoms with Crippen molar-refractivity contribution in [3.8, 4) is 11.3 Å². The third-order valence-electron chi connectivity index (χ3n) is 3.53. The molecule has 1 atom stereocenters. The zero-order valence-electron chi connectivity index (χ0n) is 10.6. The summed E-state index contributed by atoms with van der Waals surface area (Å²) < 4.78 is 2.14. The topological polar surface area (TPSA) is 17.3 Å². The van der Waals surface area contributed by atoms with Crippen molar-refractivity contribution < 1.29 is 0 Å². The second-order valence-corrected chi connectivity index (χ2v) is 5.47. The molecule has 92 valence electrons. The number of hydrogen-bond acceptors (Lipinski definition) is 2. The number of thiazole rings is 1. The van der Waals surface area contributed by atoms with Crippen molar-refractivity contribution in [1.29, 1.82) is 0 Å². The molecule has 0 saturated heterocycles. The van der Waals surface area contributed by atoms with Crippen LogP contribution in [0.3, 0.4) is 0 Å². The summed E-state index contributed by atoms with van der Waals surface area (Å²) in [5.74, 6) is 0.634. The molecule has 0 saturated carbocycles. The molecule has 0 spiro atoms. The summed E-state index contributed by atoms with van der Waals surface area (Å²) in [6.07, 6.45) is 5.05. The SMILES string of the molecule is CCC(C)c1ccc(-c2csc3nccn23)cc1. The molecular formula is C15H16N2S. The summed E-state index contributed by atoms with van der Waals surface area (Å²) in [6.45, 7) is 4.50. The van der Waals surface area contributed by atoms with Gasteiger partial charge in [0.1, 0.15) is 0 Å². The molecule has 0 aliphatic rings. The fourth-order valence-corrected chi connectivity index (χ4v) is 3.01. The van der Waals surface area contributed by atoms with Gasteiger partial charge in [0, 0.05) is 17.8 Å². The molecule has 0 aliphatic carbocycles. The van der Waals surface area contributed by atoms with Crippen molar-refractivity contribution in [2.75, 3.05) is 0 Å².